The van der Waals surface area contributed by atoms with Crippen molar-refractivity contribution in [3.63, 3.8) is 0 Å². The van der Waals surface area contributed by atoms with Crippen LogP contribution in [-0.4, -0.2) is 63.0 Å². The van der Waals surface area contributed by atoms with Crippen molar-refractivity contribution in [2.24, 2.45) is 0 Å². The largest absolute Gasteiger partial charge is 0.416 e. The van der Waals surface area contributed by atoms with E-state index in [2.05, 4.69) is 9.97 Å². The Labute approximate surface area is 161 Å². The molecule has 2 heterocycles. The van der Waals surface area contributed by atoms with Crippen LogP contribution in [0.1, 0.15) is 5.56 Å². The van der Waals surface area contributed by atoms with Crippen LogP contribution >= 0.6 is 0 Å². The lowest BCUT2D eigenvalue weighted by atomic mass is 10.2. The fraction of sp³-hybridized carbons (Fsp3) is 0.412. The van der Waals surface area contributed by atoms with Crippen molar-refractivity contribution in [1.82, 2.24) is 14.3 Å². The van der Waals surface area contributed by atoms with Gasteiger partial charge in [-0.2, -0.15) is 22.5 Å². The molecule has 0 radical (unpaired) electrons. The molecule has 0 spiro atoms. The van der Waals surface area contributed by atoms with Crippen LogP contribution in [0.5, 0.6) is 0 Å². The SMILES string of the molecule is CN(C)c1ccnc(N2CCN(S(=O)(=O)c3ccc(C(F)(F)F)cc3)CC2)n1. The van der Waals surface area contributed by atoms with Crippen LogP contribution in [-0.2, 0) is 16.2 Å². The summed E-state index contributed by atoms with van der Waals surface area (Å²) in [7, 11) is -0.138. The van der Waals surface area contributed by atoms with Crippen molar-refractivity contribution in [2.45, 2.75) is 11.1 Å². The minimum Gasteiger partial charge on any atom is -0.363 e. The summed E-state index contributed by atoms with van der Waals surface area (Å²) in [6, 6.07) is 5.32. The molecule has 7 nitrogen and oxygen atoms in total. The summed E-state index contributed by atoms with van der Waals surface area (Å²) in [5.74, 6) is 1.25. The Morgan fingerprint density at radius 3 is 2.14 bits per heavy atom. The molecule has 3 rings (SSSR count). The number of rotatable bonds is 4. The summed E-state index contributed by atoms with van der Waals surface area (Å²) in [6.45, 7) is 1.16. The third-order valence-corrected chi connectivity index (χ3v) is 6.34. The summed E-state index contributed by atoms with van der Waals surface area (Å²) in [6.07, 6.45) is -2.86. The maximum atomic E-state index is 12.7. The number of hydrogen-bond acceptors (Lipinski definition) is 6. The van der Waals surface area contributed by atoms with Crippen molar-refractivity contribution in [1.29, 1.82) is 0 Å². The van der Waals surface area contributed by atoms with Gasteiger partial charge in [0.1, 0.15) is 5.82 Å². The van der Waals surface area contributed by atoms with E-state index < -0.39 is 21.8 Å². The minimum absolute atomic E-state index is 0.153. The Kier molecular flexibility index (Phi) is 5.48. The van der Waals surface area contributed by atoms with Gasteiger partial charge in [-0.25, -0.2) is 13.4 Å². The number of alkyl halides is 3. The lowest BCUT2D eigenvalue weighted by Gasteiger charge is -2.34. The zero-order valence-electron chi connectivity index (χ0n) is 15.4. The van der Waals surface area contributed by atoms with Crippen LogP contribution in [0.4, 0.5) is 24.9 Å². The van der Waals surface area contributed by atoms with Gasteiger partial charge in [-0.05, 0) is 30.3 Å². The first kappa shape index (κ1) is 20.3. The van der Waals surface area contributed by atoms with E-state index in [-0.39, 0.29) is 18.0 Å². The molecule has 1 aliphatic heterocycles. The molecular weight excluding hydrogens is 395 g/mol. The van der Waals surface area contributed by atoms with Crippen LogP contribution in [0, 0.1) is 0 Å². The van der Waals surface area contributed by atoms with Crippen LogP contribution in [0.25, 0.3) is 0 Å². The molecule has 1 saturated heterocycles. The van der Waals surface area contributed by atoms with Gasteiger partial charge in [0.2, 0.25) is 16.0 Å². The standard InChI is InChI=1S/C17H20F3N5O2S/c1-23(2)15-7-8-21-16(22-15)24-9-11-25(12-10-24)28(26,27)14-5-3-13(4-6-14)17(18,19)20/h3-8H,9-12H2,1-2H3. The van der Waals surface area contributed by atoms with E-state index in [1.165, 1.54) is 4.31 Å². The van der Waals surface area contributed by atoms with Crippen molar-refractivity contribution in [3.05, 3.63) is 42.1 Å². The van der Waals surface area contributed by atoms with Crippen LogP contribution in [0.3, 0.4) is 0 Å². The summed E-state index contributed by atoms with van der Waals surface area (Å²) in [4.78, 5) is 12.2. The Bertz CT molecular complexity index is 925. The second-order valence-electron chi connectivity index (χ2n) is 6.52. The number of piperazine rings is 1. The van der Waals surface area contributed by atoms with E-state index in [1.807, 2.05) is 23.9 Å². The van der Waals surface area contributed by atoms with E-state index in [9.17, 15) is 21.6 Å². The number of aromatic nitrogens is 2. The molecule has 1 fully saturated rings. The number of anilines is 2. The normalized spacial score (nSPS) is 16.2. The zero-order valence-corrected chi connectivity index (χ0v) is 16.2. The van der Waals surface area contributed by atoms with Gasteiger partial charge in [-0.3, -0.25) is 0 Å². The highest BCUT2D eigenvalue weighted by Crippen LogP contribution is 2.30. The van der Waals surface area contributed by atoms with Gasteiger partial charge in [-0.1, -0.05) is 0 Å². The molecular formula is C17H20F3N5O2S. The first-order valence-corrected chi connectivity index (χ1v) is 9.96. The maximum Gasteiger partial charge on any atom is 0.416 e. The molecule has 0 amide bonds. The summed E-state index contributed by atoms with van der Waals surface area (Å²) in [5.41, 5.74) is -0.880. The van der Waals surface area contributed by atoms with E-state index in [1.54, 1.807) is 12.3 Å². The second-order valence-corrected chi connectivity index (χ2v) is 8.46. The van der Waals surface area contributed by atoms with Gasteiger partial charge in [0.25, 0.3) is 0 Å². The Morgan fingerprint density at radius 1 is 1.00 bits per heavy atom. The van der Waals surface area contributed by atoms with Gasteiger partial charge in [0.15, 0.2) is 0 Å². The minimum atomic E-state index is -4.50. The van der Waals surface area contributed by atoms with Gasteiger partial charge < -0.3 is 9.80 Å². The molecule has 0 saturated carbocycles. The highest BCUT2D eigenvalue weighted by atomic mass is 32.2. The molecule has 0 unspecified atom stereocenters. The quantitative estimate of drug-likeness (QED) is 0.762. The monoisotopic (exact) mass is 415 g/mol. The predicted octanol–water partition coefficient (Wildman–Crippen LogP) is 2.07. The summed E-state index contributed by atoms with van der Waals surface area (Å²) >= 11 is 0. The molecule has 0 N–H and O–H groups in total. The lowest BCUT2D eigenvalue weighted by molar-refractivity contribution is -0.137. The third kappa shape index (κ3) is 4.20. The fourth-order valence-corrected chi connectivity index (χ4v) is 4.26. The van der Waals surface area contributed by atoms with Crippen LogP contribution < -0.4 is 9.80 Å². The number of sulfonamides is 1. The van der Waals surface area contributed by atoms with Gasteiger partial charge in [0.05, 0.1) is 10.5 Å². The van der Waals surface area contributed by atoms with Crippen LogP contribution in [0.2, 0.25) is 0 Å². The molecule has 2 aromatic rings. The van der Waals surface area contributed by atoms with Crippen molar-refractivity contribution >= 4 is 21.8 Å². The number of nitrogens with zero attached hydrogens (tertiary/aromatic N) is 5. The molecule has 1 aliphatic rings. The molecule has 0 aliphatic carbocycles. The smallest absolute Gasteiger partial charge is 0.363 e. The van der Waals surface area contributed by atoms with Gasteiger partial charge in [-0.15, -0.1) is 0 Å². The van der Waals surface area contributed by atoms with E-state index in [0.29, 0.717) is 19.0 Å². The molecule has 1 aromatic carbocycles. The Morgan fingerprint density at radius 2 is 1.61 bits per heavy atom. The molecule has 11 heteroatoms. The average molecular weight is 415 g/mol. The lowest BCUT2D eigenvalue weighted by Crippen LogP contribution is -2.49. The first-order chi connectivity index (χ1) is 13.1. The number of benzene rings is 1. The molecule has 152 valence electrons. The predicted molar refractivity (Wildman–Crippen MR) is 98.8 cm³/mol. The molecule has 0 bridgehead atoms. The van der Waals surface area contributed by atoms with Crippen molar-refractivity contribution in [3.8, 4) is 0 Å². The topological polar surface area (TPSA) is 69.6 Å². The highest BCUT2D eigenvalue weighted by Gasteiger charge is 2.33. The van der Waals surface area contributed by atoms with Crippen molar-refractivity contribution < 1.29 is 21.6 Å². The second kappa shape index (κ2) is 7.55. The Balaban J connectivity index is 1.71. The van der Waals surface area contributed by atoms with Crippen molar-refractivity contribution in [2.75, 3.05) is 50.1 Å². The number of halogens is 3. The highest BCUT2D eigenvalue weighted by molar-refractivity contribution is 7.89. The average Bonchev–Trinajstić information content (AvgIpc) is 2.67. The first-order valence-electron chi connectivity index (χ1n) is 8.52. The van der Waals surface area contributed by atoms with E-state index in [0.717, 1.165) is 30.1 Å². The van der Waals surface area contributed by atoms with Crippen LogP contribution in [0.15, 0.2) is 41.4 Å². The molecule has 0 atom stereocenters. The van der Waals surface area contributed by atoms with E-state index in [4.69, 9.17) is 0 Å². The van der Waals surface area contributed by atoms with Gasteiger partial charge in [0, 0.05) is 46.5 Å². The molecule has 28 heavy (non-hydrogen) atoms. The maximum absolute atomic E-state index is 12.7. The van der Waals surface area contributed by atoms with Gasteiger partial charge >= 0.3 is 6.18 Å². The number of hydrogen-bond donors (Lipinski definition) is 0. The third-order valence-electron chi connectivity index (χ3n) is 4.43. The Hall–Kier alpha value is -2.40. The molecule has 1 aromatic heterocycles. The summed E-state index contributed by atoms with van der Waals surface area (Å²) in [5, 5.41) is 0. The zero-order chi connectivity index (χ0) is 20.5. The van der Waals surface area contributed by atoms with E-state index >= 15 is 0 Å². The fourth-order valence-electron chi connectivity index (χ4n) is 2.83. The summed E-state index contributed by atoms with van der Waals surface area (Å²) < 4.78 is 64.7.